The second-order valence-corrected chi connectivity index (χ2v) is 8.16. The van der Waals surface area contributed by atoms with Crippen LogP contribution in [-0.2, 0) is 11.3 Å². The fourth-order valence-corrected chi connectivity index (χ4v) is 2.51. The van der Waals surface area contributed by atoms with Crippen LogP contribution >= 0.6 is 0 Å². The molecule has 0 aromatic carbocycles. The van der Waals surface area contributed by atoms with Crippen molar-refractivity contribution in [1.29, 1.82) is 0 Å². The molecule has 1 aliphatic rings. The van der Waals surface area contributed by atoms with Crippen LogP contribution in [-0.4, -0.2) is 32.6 Å². The van der Waals surface area contributed by atoms with Crippen LogP contribution in [0, 0.1) is 11.8 Å². The molecule has 2 rings (SSSR count). The van der Waals surface area contributed by atoms with E-state index in [1.165, 1.54) is 4.68 Å². The summed E-state index contributed by atoms with van der Waals surface area (Å²) in [4.78, 5) is 23.9. The maximum Gasteiger partial charge on any atom is 0.437 e. The molecule has 2 atom stereocenters. The van der Waals surface area contributed by atoms with Gasteiger partial charge in [-0.25, -0.2) is 9.59 Å². The van der Waals surface area contributed by atoms with Crippen LogP contribution < -0.4 is 11.1 Å². The average molecular weight is 355 g/mol. The zero-order valence-corrected chi connectivity index (χ0v) is 15.6. The molecule has 0 radical (unpaired) electrons. The van der Waals surface area contributed by atoms with E-state index in [0.29, 0.717) is 18.9 Å². The first-order valence-electron chi connectivity index (χ1n) is 8.80. The fourth-order valence-electron chi connectivity index (χ4n) is 2.51. The molecule has 1 aromatic rings. The molecule has 1 aromatic heterocycles. The summed E-state index contributed by atoms with van der Waals surface area (Å²) in [6, 6.07) is -0.665. The van der Waals surface area contributed by atoms with Gasteiger partial charge in [0.2, 0.25) is 5.89 Å². The highest BCUT2D eigenvalue weighted by atomic mass is 16.6. The number of hydrogen-bond acceptors (Lipinski definition) is 6. The maximum absolute atomic E-state index is 12.0. The van der Waals surface area contributed by atoms with E-state index < -0.39 is 29.6 Å². The number of carbonyl (C=O) groups excluding carboxylic acids is 1. The van der Waals surface area contributed by atoms with Crippen molar-refractivity contribution in [3.63, 3.8) is 0 Å². The lowest BCUT2D eigenvalue weighted by Gasteiger charge is -2.26. The number of alkyl carbamates (subject to hydrolysis) is 1. The van der Waals surface area contributed by atoms with Gasteiger partial charge in [0.25, 0.3) is 0 Å². The quantitative estimate of drug-likeness (QED) is 0.777. The second-order valence-electron chi connectivity index (χ2n) is 8.16. The summed E-state index contributed by atoms with van der Waals surface area (Å²) < 4.78 is 11.6. The molecule has 0 bridgehead atoms. The molecule has 0 aliphatic heterocycles. The molecule has 2 N–H and O–H groups in total. The first kappa shape index (κ1) is 19.5. The first-order chi connectivity index (χ1) is 11.5. The van der Waals surface area contributed by atoms with Gasteiger partial charge >= 0.3 is 11.8 Å². The number of rotatable bonds is 7. The SMILES string of the molecule is CC(C)C[C@H](NC(=O)OC(C)(C)C)C(O)c1nn(CC2CC2)c(=O)o1. The Bertz CT molecular complexity index is 639. The molecule has 0 spiro atoms. The van der Waals surface area contributed by atoms with Gasteiger partial charge in [0, 0.05) is 0 Å². The van der Waals surface area contributed by atoms with E-state index in [2.05, 4.69) is 10.4 Å². The van der Waals surface area contributed by atoms with Crippen LogP contribution in [0.15, 0.2) is 9.21 Å². The minimum absolute atomic E-state index is 0.0765. The van der Waals surface area contributed by atoms with E-state index in [4.69, 9.17) is 9.15 Å². The lowest BCUT2D eigenvalue weighted by Crippen LogP contribution is -2.43. The van der Waals surface area contributed by atoms with Crippen molar-refractivity contribution >= 4 is 6.09 Å². The smallest absolute Gasteiger partial charge is 0.437 e. The van der Waals surface area contributed by atoms with Gasteiger partial charge < -0.3 is 19.6 Å². The van der Waals surface area contributed by atoms with Crippen molar-refractivity contribution in [2.75, 3.05) is 0 Å². The minimum atomic E-state index is -1.22. The van der Waals surface area contributed by atoms with Gasteiger partial charge in [-0.3, -0.25) is 0 Å². The molecule has 8 nitrogen and oxygen atoms in total. The molecular formula is C17H29N3O5. The van der Waals surface area contributed by atoms with Crippen LogP contribution in [0.5, 0.6) is 0 Å². The van der Waals surface area contributed by atoms with Gasteiger partial charge in [-0.1, -0.05) is 13.8 Å². The van der Waals surface area contributed by atoms with Crippen molar-refractivity contribution in [1.82, 2.24) is 15.1 Å². The van der Waals surface area contributed by atoms with Crippen molar-refractivity contribution in [3.8, 4) is 0 Å². The third-order valence-electron chi connectivity index (χ3n) is 3.81. The molecule has 1 unspecified atom stereocenters. The standard InChI is InChI=1S/C17H29N3O5/c1-10(2)8-12(18-15(22)25-17(3,4)5)13(21)14-19-20(16(23)24-14)9-11-6-7-11/h10-13,21H,6-9H2,1-5H3,(H,18,22)/t12-,13?/m0/s1. The highest BCUT2D eigenvalue weighted by Crippen LogP contribution is 2.30. The van der Waals surface area contributed by atoms with Crippen LogP contribution in [0.4, 0.5) is 4.79 Å². The van der Waals surface area contributed by atoms with Crippen LogP contribution in [0.2, 0.25) is 0 Å². The topological polar surface area (TPSA) is 107 Å². The molecular weight excluding hydrogens is 326 g/mol. The normalized spacial score (nSPS) is 17.4. The maximum atomic E-state index is 12.0. The summed E-state index contributed by atoms with van der Waals surface area (Å²) >= 11 is 0. The Morgan fingerprint density at radius 3 is 2.60 bits per heavy atom. The number of aliphatic hydroxyl groups excluding tert-OH is 1. The van der Waals surface area contributed by atoms with Crippen LogP contribution in [0.1, 0.15) is 65.9 Å². The molecule has 1 heterocycles. The number of aromatic nitrogens is 2. The molecule has 8 heteroatoms. The highest BCUT2D eigenvalue weighted by Gasteiger charge is 2.31. The molecule has 25 heavy (non-hydrogen) atoms. The molecule has 1 saturated carbocycles. The Hall–Kier alpha value is -1.83. The zero-order valence-electron chi connectivity index (χ0n) is 15.6. The average Bonchev–Trinajstić information content (AvgIpc) is 3.18. The van der Waals surface area contributed by atoms with E-state index in [1.54, 1.807) is 20.8 Å². The van der Waals surface area contributed by atoms with Gasteiger partial charge in [-0.2, -0.15) is 4.68 Å². The number of nitrogens with zero attached hydrogens (tertiary/aromatic N) is 2. The second kappa shape index (κ2) is 7.59. The summed E-state index contributed by atoms with van der Waals surface area (Å²) in [6.07, 6.45) is 0.792. The number of nitrogens with one attached hydrogen (secondary N) is 1. The number of aliphatic hydroxyl groups is 1. The van der Waals surface area contributed by atoms with Crippen molar-refractivity contribution in [2.24, 2.45) is 11.8 Å². The van der Waals surface area contributed by atoms with Gasteiger partial charge in [-0.15, -0.1) is 5.10 Å². The Balaban J connectivity index is 2.10. The predicted molar refractivity (Wildman–Crippen MR) is 91.1 cm³/mol. The highest BCUT2D eigenvalue weighted by molar-refractivity contribution is 5.68. The van der Waals surface area contributed by atoms with Gasteiger partial charge in [0.1, 0.15) is 5.60 Å². The number of carbonyl (C=O) groups is 1. The van der Waals surface area contributed by atoms with E-state index in [0.717, 1.165) is 12.8 Å². The molecule has 0 saturated heterocycles. The van der Waals surface area contributed by atoms with Crippen molar-refractivity contribution in [2.45, 2.75) is 78.2 Å². The Morgan fingerprint density at radius 1 is 1.44 bits per heavy atom. The molecule has 1 fully saturated rings. The van der Waals surface area contributed by atoms with Crippen molar-refractivity contribution < 1.29 is 19.1 Å². The van der Waals surface area contributed by atoms with Crippen LogP contribution in [0.25, 0.3) is 0 Å². The Kier molecular flexibility index (Phi) is 5.92. The van der Waals surface area contributed by atoms with E-state index in [-0.39, 0.29) is 11.8 Å². The fraction of sp³-hybridized carbons (Fsp3) is 0.824. The number of ether oxygens (including phenoxy) is 1. The summed E-state index contributed by atoms with van der Waals surface area (Å²) in [6.45, 7) is 9.73. The van der Waals surface area contributed by atoms with E-state index in [9.17, 15) is 14.7 Å². The van der Waals surface area contributed by atoms with E-state index >= 15 is 0 Å². The molecule has 142 valence electrons. The van der Waals surface area contributed by atoms with E-state index in [1.807, 2.05) is 13.8 Å². The summed E-state index contributed by atoms with van der Waals surface area (Å²) in [5, 5.41) is 17.3. The monoisotopic (exact) mass is 355 g/mol. The third-order valence-corrected chi connectivity index (χ3v) is 3.81. The zero-order chi connectivity index (χ0) is 18.8. The third kappa shape index (κ3) is 6.19. The first-order valence-corrected chi connectivity index (χ1v) is 8.80. The molecule has 1 aliphatic carbocycles. The summed E-state index contributed by atoms with van der Waals surface area (Å²) in [5.41, 5.74) is -0.643. The summed E-state index contributed by atoms with van der Waals surface area (Å²) in [5.74, 6) is 0.00266. The van der Waals surface area contributed by atoms with Crippen molar-refractivity contribution in [3.05, 3.63) is 16.4 Å². The number of hydrogen-bond donors (Lipinski definition) is 2. The lowest BCUT2D eigenvalue weighted by atomic mass is 9.99. The largest absolute Gasteiger partial charge is 0.444 e. The lowest BCUT2D eigenvalue weighted by molar-refractivity contribution is 0.0362. The van der Waals surface area contributed by atoms with Gasteiger partial charge in [-0.05, 0) is 51.9 Å². The summed E-state index contributed by atoms with van der Waals surface area (Å²) in [7, 11) is 0. The molecule has 1 amide bonds. The minimum Gasteiger partial charge on any atom is -0.444 e. The Labute approximate surface area is 147 Å². The predicted octanol–water partition coefficient (Wildman–Crippen LogP) is 2.22. The van der Waals surface area contributed by atoms with Crippen LogP contribution in [0.3, 0.4) is 0 Å². The number of amides is 1. The van der Waals surface area contributed by atoms with Gasteiger partial charge in [0.15, 0.2) is 6.10 Å². The Morgan fingerprint density at radius 2 is 2.08 bits per heavy atom. The van der Waals surface area contributed by atoms with Gasteiger partial charge in [0.05, 0.1) is 12.6 Å².